The monoisotopic (exact) mass is 342 g/mol. The van der Waals surface area contributed by atoms with Crippen molar-refractivity contribution in [1.82, 2.24) is 9.88 Å². The third kappa shape index (κ3) is 4.02. The highest BCUT2D eigenvalue weighted by Gasteiger charge is 2.32. The van der Waals surface area contributed by atoms with Crippen molar-refractivity contribution < 1.29 is 19.0 Å². The van der Waals surface area contributed by atoms with Crippen LogP contribution < -0.4 is 14.2 Å². The lowest BCUT2D eigenvalue weighted by Crippen LogP contribution is -2.56. The molecule has 1 aliphatic rings. The number of hydrogen-bond acceptors (Lipinski definition) is 5. The first kappa shape index (κ1) is 17.1. The summed E-state index contributed by atoms with van der Waals surface area (Å²) in [6.07, 6.45) is 0.333. The lowest BCUT2D eigenvalue weighted by Gasteiger charge is -2.38. The molecule has 6 nitrogen and oxygen atoms in total. The Balaban J connectivity index is 1.52. The molecule has 0 bridgehead atoms. The van der Waals surface area contributed by atoms with E-state index in [1.54, 1.807) is 19.1 Å². The van der Waals surface area contributed by atoms with Gasteiger partial charge in [0.2, 0.25) is 11.8 Å². The molecule has 0 saturated carbocycles. The zero-order chi connectivity index (χ0) is 17.8. The number of ether oxygens (including phenoxy) is 3. The molecule has 2 heterocycles. The molecule has 1 aliphatic heterocycles. The fourth-order valence-corrected chi connectivity index (χ4v) is 2.75. The van der Waals surface area contributed by atoms with Gasteiger partial charge in [0.1, 0.15) is 6.10 Å². The summed E-state index contributed by atoms with van der Waals surface area (Å²) < 4.78 is 16.3. The van der Waals surface area contributed by atoms with Gasteiger partial charge in [-0.2, -0.15) is 0 Å². The Kier molecular flexibility index (Phi) is 5.07. The fourth-order valence-electron chi connectivity index (χ4n) is 2.75. The van der Waals surface area contributed by atoms with Crippen molar-refractivity contribution >= 4 is 5.91 Å². The minimum atomic E-state index is 0.00338. The summed E-state index contributed by atoms with van der Waals surface area (Å²) >= 11 is 0. The van der Waals surface area contributed by atoms with Crippen molar-refractivity contribution in [3.05, 3.63) is 47.7 Å². The van der Waals surface area contributed by atoms with Crippen LogP contribution in [0.25, 0.3) is 0 Å². The Morgan fingerprint density at radius 3 is 2.60 bits per heavy atom. The molecular formula is C19H22N2O4. The van der Waals surface area contributed by atoms with Gasteiger partial charge in [-0.15, -0.1) is 0 Å². The quantitative estimate of drug-likeness (QED) is 0.806. The number of rotatable bonds is 6. The van der Waals surface area contributed by atoms with Gasteiger partial charge in [-0.25, -0.2) is 4.98 Å². The van der Waals surface area contributed by atoms with Crippen LogP contribution in [0.2, 0.25) is 0 Å². The SMILES string of the molecule is COc1ccc(CC(=O)N2CC(Oc3cccc(C)n3)C2)cc1OC. The van der Waals surface area contributed by atoms with Gasteiger partial charge in [0.05, 0.1) is 33.7 Å². The number of carbonyl (C=O) groups excluding carboxylic acids is 1. The van der Waals surface area contributed by atoms with E-state index >= 15 is 0 Å². The second-order valence-corrected chi connectivity index (χ2v) is 6.02. The van der Waals surface area contributed by atoms with E-state index in [2.05, 4.69) is 4.98 Å². The molecule has 1 aromatic heterocycles. The molecule has 3 rings (SSSR count). The number of amides is 1. The molecule has 132 valence electrons. The third-order valence-corrected chi connectivity index (χ3v) is 4.15. The predicted molar refractivity (Wildman–Crippen MR) is 93.2 cm³/mol. The highest BCUT2D eigenvalue weighted by Crippen LogP contribution is 2.28. The summed E-state index contributed by atoms with van der Waals surface area (Å²) in [5.41, 5.74) is 1.81. The summed E-state index contributed by atoms with van der Waals surface area (Å²) in [5, 5.41) is 0. The van der Waals surface area contributed by atoms with E-state index in [1.165, 1.54) is 0 Å². The Labute approximate surface area is 147 Å². The van der Waals surface area contributed by atoms with E-state index in [0.717, 1.165) is 11.3 Å². The van der Waals surface area contributed by atoms with Crippen LogP contribution in [0.15, 0.2) is 36.4 Å². The summed E-state index contributed by atoms with van der Waals surface area (Å²) in [6, 6.07) is 11.2. The first-order valence-electron chi connectivity index (χ1n) is 8.18. The predicted octanol–water partition coefficient (Wildman–Crippen LogP) is 2.24. The Morgan fingerprint density at radius 2 is 1.92 bits per heavy atom. The van der Waals surface area contributed by atoms with Crippen LogP contribution in [-0.4, -0.2) is 49.2 Å². The number of benzene rings is 1. The summed E-state index contributed by atoms with van der Waals surface area (Å²) in [4.78, 5) is 18.5. The van der Waals surface area contributed by atoms with Crippen LogP contribution in [0.4, 0.5) is 0 Å². The second kappa shape index (κ2) is 7.42. The largest absolute Gasteiger partial charge is 0.493 e. The van der Waals surface area contributed by atoms with Crippen molar-refractivity contribution in [2.45, 2.75) is 19.4 Å². The topological polar surface area (TPSA) is 60.9 Å². The van der Waals surface area contributed by atoms with Gasteiger partial charge in [0, 0.05) is 11.8 Å². The van der Waals surface area contributed by atoms with E-state index in [4.69, 9.17) is 14.2 Å². The molecule has 0 spiro atoms. The number of aryl methyl sites for hydroxylation is 1. The normalized spacial score (nSPS) is 14.0. The van der Waals surface area contributed by atoms with Gasteiger partial charge in [-0.3, -0.25) is 4.79 Å². The first-order chi connectivity index (χ1) is 12.1. The van der Waals surface area contributed by atoms with Crippen LogP contribution in [0.1, 0.15) is 11.3 Å². The number of likely N-dealkylation sites (tertiary alicyclic amines) is 1. The Bertz CT molecular complexity index is 757. The maximum atomic E-state index is 12.4. The average Bonchev–Trinajstić information content (AvgIpc) is 2.57. The molecule has 1 saturated heterocycles. The molecule has 6 heteroatoms. The second-order valence-electron chi connectivity index (χ2n) is 6.02. The molecule has 1 fully saturated rings. The van der Waals surface area contributed by atoms with Gasteiger partial charge in [0.25, 0.3) is 0 Å². The summed E-state index contributed by atoms with van der Waals surface area (Å²) in [7, 11) is 3.17. The van der Waals surface area contributed by atoms with Gasteiger partial charge < -0.3 is 19.1 Å². The molecule has 0 aliphatic carbocycles. The molecule has 0 radical (unpaired) electrons. The highest BCUT2D eigenvalue weighted by atomic mass is 16.5. The third-order valence-electron chi connectivity index (χ3n) is 4.15. The van der Waals surface area contributed by atoms with Crippen LogP contribution in [0, 0.1) is 6.92 Å². The molecule has 1 amide bonds. The van der Waals surface area contributed by atoms with Crippen molar-refractivity contribution in [2.24, 2.45) is 0 Å². The molecule has 0 atom stereocenters. The zero-order valence-electron chi connectivity index (χ0n) is 14.7. The fraction of sp³-hybridized carbons (Fsp3) is 0.368. The molecule has 0 N–H and O–H groups in total. The molecule has 0 unspecified atom stereocenters. The van der Waals surface area contributed by atoms with Crippen molar-refractivity contribution in [1.29, 1.82) is 0 Å². The zero-order valence-corrected chi connectivity index (χ0v) is 14.7. The lowest BCUT2D eigenvalue weighted by atomic mass is 10.1. The number of hydrogen-bond donors (Lipinski definition) is 0. The van der Waals surface area contributed by atoms with Gasteiger partial charge in [-0.05, 0) is 30.7 Å². The van der Waals surface area contributed by atoms with Crippen LogP contribution in [0.3, 0.4) is 0 Å². The summed E-state index contributed by atoms with van der Waals surface area (Å²) in [5.74, 6) is 1.96. The molecule has 1 aromatic carbocycles. The Hall–Kier alpha value is -2.76. The number of aromatic nitrogens is 1. The molecule has 25 heavy (non-hydrogen) atoms. The summed E-state index contributed by atoms with van der Waals surface area (Å²) in [6.45, 7) is 3.09. The van der Waals surface area contributed by atoms with Crippen molar-refractivity contribution in [3.63, 3.8) is 0 Å². The van der Waals surface area contributed by atoms with E-state index in [9.17, 15) is 4.79 Å². The van der Waals surface area contributed by atoms with Gasteiger partial charge in [-0.1, -0.05) is 12.1 Å². The van der Waals surface area contributed by atoms with E-state index in [-0.39, 0.29) is 12.0 Å². The smallest absolute Gasteiger partial charge is 0.227 e. The van der Waals surface area contributed by atoms with Gasteiger partial charge in [0.15, 0.2) is 11.5 Å². The van der Waals surface area contributed by atoms with E-state index < -0.39 is 0 Å². The number of methoxy groups -OCH3 is 2. The highest BCUT2D eigenvalue weighted by molar-refractivity contribution is 5.80. The van der Waals surface area contributed by atoms with Crippen LogP contribution in [0.5, 0.6) is 17.4 Å². The maximum Gasteiger partial charge on any atom is 0.227 e. The van der Waals surface area contributed by atoms with E-state index in [1.807, 2.05) is 43.3 Å². The maximum absolute atomic E-state index is 12.4. The number of pyridine rings is 1. The van der Waals surface area contributed by atoms with Gasteiger partial charge >= 0.3 is 0 Å². The average molecular weight is 342 g/mol. The van der Waals surface area contributed by atoms with Crippen molar-refractivity contribution in [2.75, 3.05) is 27.3 Å². The minimum Gasteiger partial charge on any atom is -0.493 e. The Morgan fingerprint density at radius 1 is 1.16 bits per heavy atom. The number of nitrogens with zero attached hydrogens (tertiary/aromatic N) is 2. The standard InChI is InChI=1S/C19H22N2O4/c1-13-5-4-6-18(20-13)25-15-11-21(12-15)19(22)10-14-7-8-16(23-2)17(9-14)24-3/h4-9,15H,10-12H2,1-3H3. The van der Waals surface area contributed by atoms with E-state index in [0.29, 0.717) is 36.9 Å². The molecule has 2 aromatic rings. The van der Waals surface area contributed by atoms with Crippen molar-refractivity contribution in [3.8, 4) is 17.4 Å². The van der Waals surface area contributed by atoms with Crippen LogP contribution >= 0.6 is 0 Å². The number of carbonyl (C=O) groups is 1. The first-order valence-corrected chi connectivity index (χ1v) is 8.18. The van der Waals surface area contributed by atoms with Crippen LogP contribution in [-0.2, 0) is 11.2 Å². The minimum absolute atomic E-state index is 0.00338. The lowest BCUT2D eigenvalue weighted by molar-refractivity contribution is -0.139. The molecular weight excluding hydrogens is 320 g/mol.